The number of carbonyl (C=O) groups is 1. The molecule has 0 saturated carbocycles. The number of hydrogen-bond acceptors (Lipinski definition) is 5. The van der Waals surface area contributed by atoms with E-state index in [9.17, 15) is 4.79 Å². The van der Waals surface area contributed by atoms with Crippen LogP contribution in [0.15, 0.2) is 0 Å². The molecule has 1 unspecified atom stereocenters. The Bertz CT molecular complexity index is 430. The lowest BCUT2D eigenvalue weighted by atomic mass is 10.0. The van der Waals surface area contributed by atoms with Crippen LogP contribution in [0.2, 0.25) is 0 Å². The van der Waals surface area contributed by atoms with Gasteiger partial charge in [-0.2, -0.15) is 0 Å². The van der Waals surface area contributed by atoms with Crippen molar-refractivity contribution in [3.63, 3.8) is 0 Å². The molecule has 0 amide bonds. The van der Waals surface area contributed by atoms with Crippen LogP contribution in [0.4, 0.5) is 5.13 Å². The highest BCUT2D eigenvalue weighted by Crippen LogP contribution is 2.24. The Morgan fingerprint density at radius 3 is 2.65 bits per heavy atom. The van der Waals surface area contributed by atoms with Gasteiger partial charge in [0, 0.05) is 10.9 Å². The van der Waals surface area contributed by atoms with Crippen molar-refractivity contribution >= 4 is 22.4 Å². The van der Waals surface area contributed by atoms with Crippen molar-refractivity contribution in [1.29, 1.82) is 0 Å². The summed E-state index contributed by atoms with van der Waals surface area (Å²) in [6, 6.07) is 0.370. The Balaban J connectivity index is 2.52. The second-order valence-electron chi connectivity index (χ2n) is 5.51. The van der Waals surface area contributed by atoms with Crippen LogP contribution < -0.4 is 5.32 Å². The van der Waals surface area contributed by atoms with Gasteiger partial charge in [0.1, 0.15) is 0 Å². The van der Waals surface area contributed by atoms with Crippen molar-refractivity contribution in [2.45, 2.75) is 59.9 Å². The van der Waals surface area contributed by atoms with Gasteiger partial charge < -0.3 is 10.1 Å². The summed E-state index contributed by atoms with van der Waals surface area (Å²) in [7, 11) is 0. The zero-order chi connectivity index (χ0) is 15.1. The number of thiazole rings is 1. The average molecular weight is 298 g/mol. The molecule has 1 N–H and O–H groups in total. The first-order valence-corrected chi connectivity index (χ1v) is 8.16. The molecule has 5 heteroatoms. The summed E-state index contributed by atoms with van der Waals surface area (Å²) in [6.45, 7) is 10.7. The quantitative estimate of drug-likeness (QED) is 0.729. The van der Waals surface area contributed by atoms with Crippen LogP contribution in [0.25, 0.3) is 0 Å². The third-order valence-electron chi connectivity index (χ3n) is 3.05. The zero-order valence-electron chi connectivity index (χ0n) is 13.2. The third kappa shape index (κ3) is 5.49. The van der Waals surface area contributed by atoms with Gasteiger partial charge in [0.15, 0.2) is 10.8 Å². The van der Waals surface area contributed by atoms with E-state index in [1.54, 1.807) is 6.92 Å². The molecule has 1 rings (SSSR count). The molecular weight excluding hydrogens is 272 g/mol. The molecule has 0 aliphatic heterocycles. The number of carbonyl (C=O) groups excluding carboxylic acids is 1. The van der Waals surface area contributed by atoms with E-state index in [1.807, 2.05) is 6.92 Å². The lowest BCUT2D eigenvalue weighted by Gasteiger charge is -2.13. The first-order valence-electron chi connectivity index (χ1n) is 7.35. The number of rotatable bonds is 8. The first kappa shape index (κ1) is 17.0. The second kappa shape index (κ2) is 8.25. The molecule has 0 radical (unpaired) electrons. The number of aromatic nitrogens is 1. The minimum atomic E-state index is -0.332. The Morgan fingerprint density at radius 1 is 1.35 bits per heavy atom. The second-order valence-corrected chi connectivity index (χ2v) is 6.72. The molecule has 4 nitrogen and oxygen atoms in total. The van der Waals surface area contributed by atoms with E-state index >= 15 is 0 Å². The highest BCUT2D eigenvalue weighted by molar-refractivity contribution is 7.15. The van der Waals surface area contributed by atoms with Gasteiger partial charge in [0.25, 0.3) is 0 Å². The standard InChI is InChI=1S/C15H26N2O2S/c1-6-19-14(18)13-12(5)20-15(17-13)16-11(4)9-7-8-10(2)3/h10-11H,6-9H2,1-5H3,(H,16,17). The molecule has 0 aliphatic rings. The zero-order valence-corrected chi connectivity index (χ0v) is 14.0. The molecule has 0 bridgehead atoms. The van der Waals surface area contributed by atoms with Crippen LogP contribution in [-0.4, -0.2) is 23.6 Å². The molecule has 0 spiro atoms. The van der Waals surface area contributed by atoms with E-state index in [1.165, 1.54) is 24.2 Å². The fourth-order valence-electron chi connectivity index (χ4n) is 1.96. The topological polar surface area (TPSA) is 51.2 Å². The highest BCUT2D eigenvalue weighted by Gasteiger charge is 2.17. The summed E-state index contributed by atoms with van der Waals surface area (Å²) in [5, 5.41) is 4.18. The van der Waals surface area contributed by atoms with Gasteiger partial charge in [-0.25, -0.2) is 9.78 Å². The Kier molecular flexibility index (Phi) is 6.99. The Morgan fingerprint density at radius 2 is 2.05 bits per heavy atom. The SMILES string of the molecule is CCOC(=O)c1nc(NC(C)CCCC(C)C)sc1C. The lowest BCUT2D eigenvalue weighted by molar-refractivity contribution is 0.0519. The molecule has 1 aromatic heterocycles. The maximum atomic E-state index is 11.7. The predicted molar refractivity (Wildman–Crippen MR) is 84.6 cm³/mol. The van der Waals surface area contributed by atoms with Gasteiger partial charge in [0.05, 0.1) is 6.61 Å². The third-order valence-corrected chi connectivity index (χ3v) is 3.96. The van der Waals surface area contributed by atoms with E-state index in [0.717, 1.165) is 22.3 Å². The van der Waals surface area contributed by atoms with Crippen molar-refractivity contribution in [2.24, 2.45) is 5.92 Å². The van der Waals surface area contributed by atoms with Crippen LogP contribution in [0.3, 0.4) is 0 Å². The van der Waals surface area contributed by atoms with Gasteiger partial charge in [-0.15, -0.1) is 11.3 Å². The summed E-state index contributed by atoms with van der Waals surface area (Å²) in [4.78, 5) is 17.0. The molecule has 0 fully saturated rings. The fourth-order valence-corrected chi connectivity index (χ4v) is 2.87. The largest absolute Gasteiger partial charge is 0.461 e. The van der Waals surface area contributed by atoms with Gasteiger partial charge >= 0.3 is 5.97 Å². The molecule has 114 valence electrons. The minimum Gasteiger partial charge on any atom is -0.461 e. The first-order chi connectivity index (χ1) is 9.43. The highest BCUT2D eigenvalue weighted by atomic mass is 32.1. The van der Waals surface area contributed by atoms with E-state index in [4.69, 9.17) is 4.74 Å². The summed E-state index contributed by atoms with van der Waals surface area (Å²) >= 11 is 1.51. The smallest absolute Gasteiger partial charge is 0.358 e. The number of nitrogens with one attached hydrogen (secondary N) is 1. The number of hydrogen-bond donors (Lipinski definition) is 1. The van der Waals surface area contributed by atoms with E-state index in [0.29, 0.717) is 18.3 Å². The van der Waals surface area contributed by atoms with Crippen molar-refractivity contribution in [1.82, 2.24) is 4.98 Å². The molecule has 1 atom stereocenters. The van der Waals surface area contributed by atoms with Crippen molar-refractivity contribution in [3.05, 3.63) is 10.6 Å². The number of ether oxygens (including phenoxy) is 1. The van der Waals surface area contributed by atoms with E-state index in [-0.39, 0.29) is 5.97 Å². The molecule has 1 aromatic rings. The minimum absolute atomic E-state index is 0.332. The number of aryl methyl sites for hydroxylation is 1. The van der Waals surface area contributed by atoms with Gasteiger partial charge in [-0.05, 0) is 33.1 Å². The molecule has 0 saturated heterocycles. The van der Waals surface area contributed by atoms with Crippen LogP contribution in [0, 0.1) is 12.8 Å². The molecule has 0 aromatic carbocycles. The maximum absolute atomic E-state index is 11.7. The van der Waals surface area contributed by atoms with Crippen molar-refractivity contribution in [2.75, 3.05) is 11.9 Å². The Labute approximate surface area is 125 Å². The van der Waals surface area contributed by atoms with Crippen LogP contribution in [-0.2, 0) is 4.74 Å². The monoisotopic (exact) mass is 298 g/mol. The normalized spacial score (nSPS) is 12.5. The summed E-state index contributed by atoms with van der Waals surface area (Å²) in [6.07, 6.45) is 3.57. The molecule has 20 heavy (non-hydrogen) atoms. The van der Waals surface area contributed by atoms with E-state index in [2.05, 4.69) is 31.1 Å². The summed E-state index contributed by atoms with van der Waals surface area (Å²) < 4.78 is 5.00. The van der Waals surface area contributed by atoms with Gasteiger partial charge in [0.2, 0.25) is 0 Å². The Hall–Kier alpha value is -1.10. The maximum Gasteiger partial charge on any atom is 0.358 e. The van der Waals surface area contributed by atoms with Crippen LogP contribution in [0.5, 0.6) is 0 Å². The molecule has 0 aliphatic carbocycles. The van der Waals surface area contributed by atoms with Crippen molar-refractivity contribution in [3.8, 4) is 0 Å². The number of esters is 1. The van der Waals surface area contributed by atoms with Crippen LogP contribution >= 0.6 is 11.3 Å². The lowest BCUT2D eigenvalue weighted by Crippen LogP contribution is -2.15. The van der Waals surface area contributed by atoms with Crippen LogP contribution in [0.1, 0.15) is 62.3 Å². The van der Waals surface area contributed by atoms with Gasteiger partial charge in [-0.1, -0.05) is 26.7 Å². The van der Waals surface area contributed by atoms with Gasteiger partial charge in [-0.3, -0.25) is 0 Å². The summed E-state index contributed by atoms with van der Waals surface area (Å²) in [5.74, 6) is 0.418. The summed E-state index contributed by atoms with van der Waals surface area (Å²) in [5.41, 5.74) is 0.439. The fraction of sp³-hybridized carbons (Fsp3) is 0.733. The molecule has 1 heterocycles. The molecular formula is C15H26N2O2S. The predicted octanol–water partition coefficient (Wildman–Crippen LogP) is 4.25. The average Bonchev–Trinajstić information content (AvgIpc) is 2.70. The van der Waals surface area contributed by atoms with E-state index < -0.39 is 0 Å². The number of anilines is 1. The number of nitrogens with zero attached hydrogens (tertiary/aromatic N) is 1. The van der Waals surface area contributed by atoms with Crippen molar-refractivity contribution < 1.29 is 9.53 Å².